The molecule has 3 heterocycles. The van der Waals surface area contributed by atoms with E-state index in [1.54, 1.807) is 11.3 Å². The lowest BCUT2D eigenvalue weighted by Gasteiger charge is -2.22. The fourth-order valence-electron chi connectivity index (χ4n) is 3.23. The van der Waals surface area contributed by atoms with E-state index in [4.69, 9.17) is 0 Å². The summed E-state index contributed by atoms with van der Waals surface area (Å²) in [4.78, 5) is 16.0. The van der Waals surface area contributed by atoms with Crippen LogP contribution in [0.1, 0.15) is 17.4 Å². The van der Waals surface area contributed by atoms with Gasteiger partial charge >= 0.3 is 0 Å². The molecule has 27 heavy (non-hydrogen) atoms. The van der Waals surface area contributed by atoms with Crippen molar-refractivity contribution >= 4 is 51.2 Å². The molecule has 1 aliphatic rings. The van der Waals surface area contributed by atoms with Gasteiger partial charge in [-0.2, -0.15) is 0 Å². The monoisotopic (exact) mass is 416 g/mol. The molecule has 5 nitrogen and oxygen atoms in total. The van der Waals surface area contributed by atoms with E-state index in [1.807, 2.05) is 23.1 Å². The first-order valence-electron chi connectivity index (χ1n) is 8.83. The van der Waals surface area contributed by atoms with Crippen LogP contribution in [0.2, 0.25) is 0 Å². The summed E-state index contributed by atoms with van der Waals surface area (Å²) in [7, 11) is 0. The molecule has 0 spiro atoms. The second kappa shape index (κ2) is 8.41. The number of thioether (sulfide) groups is 1. The summed E-state index contributed by atoms with van der Waals surface area (Å²) >= 11 is 4.73. The van der Waals surface area contributed by atoms with Gasteiger partial charge in [0, 0.05) is 23.2 Å². The molecule has 0 saturated heterocycles. The molecule has 1 amide bonds. The van der Waals surface area contributed by atoms with Crippen molar-refractivity contribution in [1.82, 2.24) is 10.2 Å². The molecule has 1 unspecified atom stereocenters. The molecule has 3 aromatic rings. The zero-order valence-corrected chi connectivity index (χ0v) is 17.4. The number of thiophene rings is 1. The van der Waals surface area contributed by atoms with Crippen molar-refractivity contribution in [3.63, 3.8) is 0 Å². The molecule has 2 aromatic heterocycles. The highest BCUT2D eigenvalue weighted by molar-refractivity contribution is 8.01. The number of carbonyl (C=O) groups excluding carboxylic acids is 1. The van der Waals surface area contributed by atoms with Gasteiger partial charge in [0.1, 0.15) is 0 Å². The Morgan fingerprint density at radius 3 is 3.04 bits per heavy atom. The van der Waals surface area contributed by atoms with E-state index in [9.17, 15) is 4.79 Å². The zero-order chi connectivity index (χ0) is 18.6. The van der Waals surface area contributed by atoms with Crippen LogP contribution in [0.25, 0.3) is 0 Å². The number of anilines is 2. The molecular weight excluding hydrogens is 396 g/mol. The summed E-state index contributed by atoms with van der Waals surface area (Å²) in [5.74, 6) is 0.502. The molecule has 4 rings (SSSR count). The number of fused-ring (bicyclic) bond motifs is 1. The summed E-state index contributed by atoms with van der Waals surface area (Å²) in [5, 5.41) is 14.6. The second-order valence-electron chi connectivity index (χ2n) is 6.36. The molecule has 1 aromatic carbocycles. The van der Waals surface area contributed by atoms with Crippen LogP contribution in [-0.4, -0.2) is 34.4 Å². The quantitative estimate of drug-likeness (QED) is 0.581. The first-order valence-corrected chi connectivity index (χ1v) is 11.5. The topological polar surface area (TPSA) is 58.1 Å². The molecule has 140 valence electrons. The summed E-state index contributed by atoms with van der Waals surface area (Å²) in [6.07, 6.45) is 1.90. The van der Waals surface area contributed by atoms with Gasteiger partial charge in [-0.05, 0) is 42.8 Å². The molecule has 0 fully saturated rings. The largest absolute Gasteiger partial charge is 0.360 e. The standard InChI is InChI=1S/C19H20N4OS3/c1-13-11-14-5-2-3-7-16(14)23(13)17(24)12-26-19-22-21-18(27-19)20-9-8-15-6-4-10-25-15/h2-7,10,13H,8-9,11-12H2,1H3,(H,20,21). The van der Waals surface area contributed by atoms with Crippen LogP contribution in [0, 0.1) is 0 Å². The van der Waals surface area contributed by atoms with E-state index in [0.29, 0.717) is 5.75 Å². The van der Waals surface area contributed by atoms with E-state index >= 15 is 0 Å². The summed E-state index contributed by atoms with van der Waals surface area (Å²) < 4.78 is 0.821. The van der Waals surface area contributed by atoms with E-state index in [2.05, 4.69) is 46.0 Å². The first-order chi connectivity index (χ1) is 13.2. The number of para-hydroxylation sites is 1. The minimum Gasteiger partial charge on any atom is -0.360 e. The molecule has 0 radical (unpaired) electrons. The first kappa shape index (κ1) is 18.5. The molecule has 1 N–H and O–H groups in total. The predicted molar refractivity (Wildman–Crippen MR) is 114 cm³/mol. The van der Waals surface area contributed by atoms with Crippen LogP contribution >= 0.6 is 34.4 Å². The van der Waals surface area contributed by atoms with E-state index < -0.39 is 0 Å². The molecule has 0 bridgehead atoms. The number of nitrogens with one attached hydrogen (secondary N) is 1. The number of amides is 1. The maximum atomic E-state index is 12.7. The van der Waals surface area contributed by atoms with Crippen LogP contribution in [0.4, 0.5) is 10.8 Å². The lowest BCUT2D eigenvalue weighted by atomic mass is 10.1. The number of aromatic nitrogens is 2. The van der Waals surface area contributed by atoms with E-state index in [0.717, 1.165) is 34.5 Å². The Labute approximate surface area is 170 Å². The molecule has 1 aliphatic heterocycles. The minimum atomic E-state index is 0.125. The zero-order valence-electron chi connectivity index (χ0n) is 14.9. The Morgan fingerprint density at radius 1 is 1.30 bits per heavy atom. The van der Waals surface area contributed by atoms with Crippen molar-refractivity contribution in [3.8, 4) is 0 Å². The van der Waals surface area contributed by atoms with E-state index in [1.165, 1.54) is 33.5 Å². The van der Waals surface area contributed by atoms with Crippen LogP contribution in [0.3, 0.4) is 0 Å². The average molecular weight is 417 g/mol. The average Bonchev–Trinajstić information content (AvgIpc) is 3.39. The van der Waals surface area contributed by atoms with Gasteiger partial charge in [0.05, 0.1) is 5.75 Å². The number of hydrogen-bond acceptors (Lipinski definition) is 7. The highest BCUT2D eigenvalue weighted by Crippen LogP contribution is 2.33. The minimum absolute atomic E-state index is 0.125. The number of hydrogen-bond donors (Lipinski definition) is 1. The summed E-state index contributed by atoms with van der Waals surface area (Å²) in [6.45, 7) is 2.93. The molecule has 1 atom stereocenters. The van der Waals surface area contributed by atoms with E-state index in [-0.39, 0.29) is 11.9 Å². The molecular formula is C19H20N4OS3. The van der Waals surface area contributed by atoms with Gasteiger partial charge in [-0.15, -0.1) is 21.5 Å². The third-order valence-corrected chi connectivity index (χ3v) is 7.36. The van der Waals surface area contributed by atoms with Crippen molar-refractivity contribution < 1.29 is 4.79 Å². The van der Waals surface area contributed by atoms with Gasteiger partial charge in [0.2, 0.25) is 11.0 Å². The number of rotatable bonds is 7. The van der Waals surface area contributed by atoms with Gasteiger partial charge in [0.15, 0.2) is 4.34 Å². The van der Waals surface area contributed by atoms with Crippen molar-refractivity contribution in [3.05, 3.63) is 52.2 Å². The van der Waals surface area contributed by atoms with Gasteiger partial charge in [-0.25, -0.2) is 0 Å². The highest BCUT2D eigenvalue weighted by atomic mass is 32.2. The number of benzene rings is 1. The van der Waals surface area contributed by atoms with Gasteiger partial charge in [0.25, 0.3) is 0 Å². The van der Waals surface area contributed by atoms with Crippen molar-refractivity contribution in [1.29, 1.82) is 0 Å². The lowest BCUT2D eigenvalue weighted by molar-refractivity contribution is -0.116. The summed E-state index contributed by atoms with van der Waals surface area (Å²) in [6, 6.07) is 12.6. The Hall–Kier alpha value is -1.90. The SMILES string of the molecule is CC1Cc2ccccc2N1C(=O)CSc1nnc(NCCc2cccs2)s1. The third-order valence-electron chi connectivity index (χ3n) is 4.43. The maximum absolute atomic E-state index is 12.7. The Bertz CT molecular complexity index is 909. The Kier molecular flexibility index (Phi) is 5.75. The molecule has 0 aliphatic carbocycles. The fourth-order valence-corrected chi connectivity index (χ4v) is 5.57. The summed E-state index contributed by atoms with van der Waals surface area (Å²) in [5.41, 5.74) is 2.29. The van der Waals surface area contributed by atoms with Crippen molar-refractivity contribution in [2.24, 2.45) is 0 Å². The second-order valence-corrected chi connectivity index (χ2v) is 9.60. The van der Waals surface area contributed by atoms with Crippen LogP contribution in [-0.2, 0) is 17.6 Å². The molecule has 0 saturated carbocycles. The van der Waals surface area contributed by atoms with Crippen LogP contribution in [0.5, 0.6) is 0 Å². The Morgan fingerprint density at radius 2 is 2.19 bits per heavy atom. The van der Waals surface area contributed by atoms with Crippen molar-refractivity contribution in [2.45, 2.75) is 30.1 Å². The van der Waals surface area contributed by atoms with Crippen LogP contribution in [0.15, 0.2) is 46.1 Å². The van der Waals surface area contributed by atoms with Crippen LogP contribution < -0.4 is 10.2 Å². The Balaban J connectivity index is 1.29. The molecule has 8 heteroatoms. The van der Waals surface area contributed by atoms with Gasteiger partial charge in [-0.1, -0.05) is 47.4 Å². The number of carbonyl (C=O) groups is 1. The van der Waals surface area contributed by atoms with Crippen molar-refractivity contribution in [2.75, 3.05) is 22.5 Å². The number of nitrogens with zero attached hydrogens (tertiary/aromatic N) is 3. The lowest BCUT2D eigenvalue weighted by Crippen LogP contribution is -2.36. The third kappa shape index (κ3) is 4.34. The highest BCUT2D eigenvalue weighted by Gasteiger charge is 2.30. The smallest absolute Gasteiger partial charge is 0.237 e. The fraction of sp³-hybridized carbons (Fsp3) is 0.316. The van der Waals surface area contributed by atoms with Gasteiger partial charge < -0.3 is 10.2 Å². The predicted octanol–water partition coefficient (Wildman–Crippen LogP) is 4.32. The maximum Gasteiger partial charge on any atom is 0.237 e. The van der Waals surface area contributed by atoms with Gasteiger partial charge in [-0.3, -0.25) is 4.79 Å². The normalized spacial score (nSPS) is 15.7.